The predicted molar refractivity (Wildman–Crippen MR) is 104 cm³/mol. The number of nitrogens with zero attached hydrogens (tertiary/aromatic N) is 1. The lowest BCUT2D eigenvalue weighted by Gasteiger charge is -2.13. The highest BCUT2D eigenvalue weighted by Gasteiger charge is 2.17. The first-order chi connectivity index (χ1) is 13.9. The summed E-state index contributed by atoms with van der Waals surface area (Å²) < 4.78 is 25.3. The van der Waals surface area contributed by atoms with Crippen LogP contribution in [-0.2, 0) is 24.2 Å². The Kier molecular flexibility index (Phi) is 6.29. The van der Waals surface area contributed by atoms with E-state index < -0.39 is 17.9 Å². The first kappa shape index (κ1) is 20.5. The molecule has 3 aromatic rings. The molecular formula is C22H22FNO5. The molecule has 0 radical (unpaired) electrons. The fraction of sp³-hybridized carbons (Fsp3) is 0.273. The summed E-state index contributed by atoms with van der Waals surface area (Å²) in [7, 11) is 0. The lowest BCUT2D eigenvalue weighted by Crippen LogP contribution is -2.22. The smallest absolute Gasteiger partial charge is 0.332 e. The van der Waals surface area contributed by atoms with Crippen molar-refractivity contribution >= 4 is 5.97 Å². The Morgan fingerprint density at radius 3 is 2.69 bits per heavy atom. The SMILES string of the molecule is CCc1cc(OCc2nc(-c3ccccc3F)oc2C)ccc1CC(O)C(=O)O. The zero-order chi connectivity index (χ0) is 21.0. The standard InChI is InChI=1S/C22H22FNO5/c1-3-14-10-16(9-8-15(14)11-20(25)22(26)27)28-12-19-13(2)29-21(24-19)17-6-4-5-7-18(17)23/h4-10,20,25H,3,11-12H2,1-2H3,(H,26,27). The van der Waals surface area contributed by atoms with Crippen LogP contribution in [-0.4, -0.2) is 27.3 Å². The van der Waals surface area contributed by atoms with Gasteiger partial charge in [0.25, 0.3) is 0 Å². The van der Waals surface area contributed by atoms with Crippen molar-refractivity contribution in [3.63, 3.8) is 0 Å². The summed E-state index contributed by atoms with van der Waals surface area (Å²) in [6, 6.07) is 11.5. The number of ether oxygens (including phenoxy) is 1. The number of rotatable bonds is 8. The second-order valence-electron chi connectivity index (χ2n) is 6.63. The highest BCUT2D eigenvalue weighted by molar-refractivity contribution is 5.72. The number of aliphatic carboxylic acids is 1. The number of hydrogen-bond acceptors (Lipinski definition) is 5. The Hall–Kier alpha value is -3.19. The van der Waals surface area contributed by atoms with Crippen molar-refractivity contribution in [2.75, 3.05) is 0 Å². The van der Waals surface area contributed by atoms with Crippen molar-refractivity contribution in [2.45, 2.75) is 39.4 Å². The lowest BCUT2D eigenvalue weighted by atomic mass is 9.99. The number of hydrogen-bond donors (Lipinski definition) is 2. The molecule has 0 aliphatic carbocycles. The van der Waals surface area contributed by atoms with Gasteiger partial charge >= 0.3 is 5.97 Å². The van der Waals surface area contributed by atoms with Crippen LogP contribution in [0.3, 0.4) is 0 Å². The summed E-state index contributed by atoms with van der Waals surface area (Å²) in [5.74, 6) is -0.329. The number of halogens is 1. The number of aliphatic hydroxyl groups excluding tert-OH is 1. The van der Waals surface area contributed by atoms with E-state index in [-0.39, 0.29) is 24.5 Å². The first-order valence-corrected chi connectivity index (χ1v) is 9.25. The first-order valence-electron chi connectivity index (χ1n) is 9.25. The number of aryl methyl sites for hydroxylation is 2. The van der Waals surface area contributed by atoms with Crippen LogP contribution in [0.1, 0.15) is 29.5 Å². The van der Waals surface area contributed by atoms with E-state index in [4.69, 9.17) is 14.3 Å². The lowest BCUT2D eigenvalue weighted by molar-refractivity contribution is -0.146. The molecule has 0 spiro atoms. The fourth-order valence-electron chi connectivity index (χ4n) is 2.98. The van der Waals surface area contributed by atoms with E-state index in [2.05, 4.69) is 4.98 Å². The monoisotopic (exact) mass is 399 g/mol. The number of carboxylic acids is 1. The van der Waals surface area contributed by atoms with Gasteiger partial charge in [-0.2, -0.15) is 0 Å². The zero-order valence-electron chi connectivity index (χ0n) is 16.2. The predicted octanol–water partition coefficient (Wildman–Crippen LogP) is 3.92. The third-order valence-corrected chi connectivity index (χ3v) is 4.63. The summed E-state index contributed by atoms with van der Waals surface area (Å²) in [6.07, 6.45) is -0.742. The molecule has 0 saturated carbocycles. The number of benzene rings is 2. The molecule has 0 bridgehead atoms. The Bertz CT molecular complexity index is 1010. The maximum Gasteiger partial charge on any atom is 0.332 e. The maximum atomic E-state index is 13.9. The second kappa shape index (κ2) is 8.87. The molecule has 2 aromatic carbocycles. The third kappa shape index (κ3) is 4.81. The molecule has 7 heteroatoms. The number of oxazole rings is 1. The topological polar surface area (TPSA) is 92.8 Å². The van der Waals surface area contributed by atoms with E-state index in [0.717, 1.165) is 11.1 Å². The maximum absolute atomic E-state index is 13.9. The summed E-state index contributed by atoms with van der Waals surface area (Å²) in [5, 5.41) is 18.5. The van der Waals surface area contributed by atoms with Gasteiger partial charge in [0.2, 0.25) is 5.89 Å². The summed E-state index contributed by atoms with van der Waals surface area (Å²) in [6.45, 7) is 3.83. The minimum Gasteiger partial charge on any atom is -0.487 e. The average Bonchev–Trinajstić information content (AvgIpc) is 3.07. The largest absolute Gasteiger partial charge is 0.487 e. The second-order valence-corrected chi connectivity index (χ2v) is 6.63. The van der Waals surface area contributed by atoms with Gasteiger partial charge in [-0.1, -0.05) is 25.1 Å². The van der Waals surface area contributed by atoms with Crippen LogP contribution in [0.2, 0.25) is 0 Å². The Morgan fingerprint density at radius 1 is 1.24 bits per heavy atom. The van der Waals surface area contributed by atoms with Crippen LogP contribution in [0.4, 0.5) is 4.39 Å². The molecule has 0 saturated heterocycles. The minimum atomic E-state index is -1.44. The summed E-state index contributed by atoms with van der Waals surface area (Å²) in [5.41, 5.74) is 2.50. The molecule has 1 aromatic heterocycles. The van der Waals surface area contributed by atoms with Crippen LogP contribution in [0.25, 0.3) is 11.5 Å². The summed E-state index contributed by atoms with van der Waals surface area (Å²) in [4.78, 5) is 15.2. The molecule has 3 rings (SSSR count). The van der Waals surface area contributed by atoms with E-state index in [1.165, 1.54) is 6.07 Å². The fourth-order valence-corrected chi connectivity index (χ4v) is 2.98. The van der Waals surface area contributed by atoms with Gasteiger partial charge < -0.3 is 19.4 Å². The molecule has 0 fully saturated rings. The summed E-state index contributed by atoms with van der Waals surface area (Å²) >= 11 is 0. The van der Waals surface area contributed by atoms with E-state index in [9.17, 15) is 14.3 Å². The van der Waals surface area contributed by atoms with Gasteiger partial charge in [0.1, 0.15) is 29.6 Å². The quantitative estimate of drug-likeness (QED) is 0.596. The molecule has 1 unspecified atom stereocenters. The van der Waals surface area contributed by atoms with Crippen molar-refractivity contribution in [3.05, 3.63) is 70.9 Å². The van der Waals surface area contributed by atoms with Crippen molar-refractivity contribution in [1.82, 2.24) is 4.98 Å². The van der Waals surface area contributed by atoms with Gasteiger partial charge in [-0.15, -0.1) is 0 Å². The van der Waals surface area contributed by atoms with Crippen LogP contribution in [0.5, 0.6) is 5.75 Å². The molecule has 2 N–H and O–H groups in total. The highest BCUT2D eigenvalue weighted by Crippen LogP contribution is 2.26. The van der Waals surface area contributed by atoms with E-state index >= 15 is 0 Å². The van der Waals surface area contributed by atoms with E-state index in [0.29, 0.717) is 23.6 Å². The van der Waals surface area contributed by atoms with Crippen LogP contribution in [0, 0.1) is 12.7 Å². The Labute approximate surface area is 167 Å². The minimum absolute atomic E-state index is 0.0349. The molecule has 0 aliphatic rings. The molecule has 1 heterocycles. The highest BCUT2D eigenvalue weighted by atomic mass is 19.1. The number of carbonyl (C=O) groups is 1. The normalized spacial score (nSPS) is 12.0. The van der Waals surface area contributed by atoms with Gasteiger partial charge in [0.15, 0.2) is 6.10 Å². The number of carboxylic acid groups (broad SMARTS) is 1. The van der Waals surface area contributed by atoms with Gasteiger partial charge in [-0.3, -0.25) is 0 Å². The molecule has 152 valence electrons. The van der Waals surface area contributed by atoms with Crippen molar-refractivity contribution in [2.24, 2.45) is 0 Å². The number of aliphatic hydroxyl groups is 1. The van der Waals surface area contributed by atoms with Gasteiger partial charge in [-0.05, 0) is 48.7 Å². The third-order valence-electron chi connectivity index (χ3n) is 4.63. The van der Waals surface area contributed by atoms with Gasteiger partial charge in [-0.25, -0.2) is 14.2 Å². The molecule has 0 aliphatic heterocycles. The molecule has 6 nitrogen and oxygen atoms in total. The zero-order valence-corrected chi connectivity index (χ0v) is 16.2. The van der Waals surface area contributed by atoms with Crippen LogP contribution in [0.15, 0.2) is 46.9 Å². The van der Waals surface area contributed by atoms with Crippen molar-refractivity contribution < 1.29 is 28.6 Å². The molecule has 1 atom stereocenters. The molecular weight excluding hydrogens is 377 g/mol. The Morgan fingerprint density at radius 2 is 2.00 bits per heavy atom. The van der Waals surface area contributed by atoms with Gasteiger partial charge in [0, 0.05) is 6.42 Å². The van der Waals surface area contributed by atoms with Crippen molar-refractivity contribution in [1.29, 1.82) is 0 Å². The number of aromatic nitrogens is 1. The van der Waals surface area contributed by atoms with Crippen molar-refractivity contribution in [3.8, 4) is 17.2 Å². The van der Waals surface area contributed by atoms with Crippen LogP contribution < -0.4 is 4.74 Å². The van der Waals surface area contributed by atoms with Gasteiger partial charge in [0.05, 0.1) is 5.56 Å². The molecule has 29 heavy (non-hydrogen) atoms. The van der Waals surface area contributed by atoms with E-state index in [1.54, 1.807) is 37.3 Å². The Balaban J connectivity index is 1.73. The van der Waals surface area contributed by atoms with E-state index in [1.807, 2.05) is 13.0 Å². The van der Waals surface area contributed by atoms with Crippen LogP contribution >= 0.6 is 0 Å². The average molecular weight is 399 g/mol. The molecule has 0 amide bonds.